The highest BCUT2D eigenvalue weighted by Gasteiger charge is 2.20. The van der Waals surface area contributed by atoms with Crippen LogP contribution < -0.4 is 5.56 Å². The number of aryl methyl sites for hydroxylation is 2. The second kappa shape index (κ2) is 5.65. The third kappa shape index (κ3) is 2.56. The standard InChI is InChI=1S/C14H13F2N5OS/c1-3-21-12-10(13(22)18-14(21)23)7(11(15)16)6-9(17-12)8-4-5-20(2)19-8/h4-6,11H,3H2,1-2H3,(H,18,22,23). The number of H-pyrrole nitrogens is 1. The minimum Gasteiger partial charge on any atom is -0.303 e. The normalized spacial score (nSPS) is 11.5. The molecule has 1 N–H and O–H groups in total. The molecule has 0 aliphatic rings. The van der Waals surface area contributed by atoms with Crippen molar-refractivity contribution in [3.8, 4) is 11.4 Å². The van der Waals surface area contributed by atoms with Crippen LogP contribution in [0.3, 0.4) is 0 Å². The summed E-state index contributed by atoms with van der Waals surface area (Å²) in [6, 6.07) is 2.87. The van der Waals surface area contributed by atoms with Gasteiger partial charge in [0, 0.05) is 25.4 Å². The summed E-state index contributed by atoms with van der Waals surface area (Å²) in [7, 11) is 1.72. The van der Waals surface area contributed by atoms with Gasteiger partial charge in [-0.3, -0.25) is 14.5 Å². The lowest BCUT2D eigenvalue weighted by atomic mass is 10.1. The molecular weight excluding hydrogens is 324 g/mol. The molecule has 3 aromatic heterocycles. The molecule has 3 heterocycles. The highest BCUT2D eigenvalue weighted by molar-refractivity contribution is 7.71. The largest absolute Gasteiger partial charge is 0.303 e. The molecule has 0 atom stereocenters. The van der Waals surface area contributed by atoms with E-state index in [1.807, 2.05) is 0 Å². The topological polar surface area (TPSA) is 68.5 Å². The molecule has 3 aromatic rings. The van der Waals surface area contributed by atoms with Crippen molar-refractivity contribution >= 4 is 23.3 Å². The maximum absolute atomic E-state index is 13.5. The number of halogens is 2. The maximum atomic E-state index is 13.5. The molecule has 0 aliphatic carbocycles. The molecule has 6 nitrogen and oxygen atoms in total. The summed E-state index contributed by atoms with van der Waals surface area (Å²) in [5.41, 5.74) is -0.181. The van der Waals surface area contributed by atoms with E-state index in [9.17, 15) is 13.6 Å². The fourth-order valence-corrected chi connectivity index (χ4v) is 2.76. The zero-order valence-electron chi connectivity index (χ0n) is 12.4. The van der Waals surface area contributed by atoms with Crippen molar-refractivity contribution in [2.75, 3.05) is 0 Å². The summed E-state index contributed by atoms with van der Waals surface area (Å²) >= 11 is 5.10. The van der Waals surface area contributed by atoms with E-state index in [1.54, 1.807) is 30.9 Å². The maximum Gasteiger partial charge on any atom is 0.264 e. The quantitative estimate of drug-likeness (QED) is 0.746. The molecule has 0 amide bonds. The molecule has 0 bridgehead atoms. The Morgan fingerprint density at radius 2 is 2.13 bits per heavy atom. The second-order valence-corrected chi connectivity index (χ2v) is 5.36. The first kappa shape index (κ1) is 15.5. The first-order valence-corrected chi connectivity index (χ1v) is 7.29. The van der Waals surface area contributed by atoms with E-state index in [0.717, 1.165) is 0 Å². The van der Waals surface area contributed by atoms with Crippen molar-refractivity contribution in [3.63, 3.8) is 0 Å². The Balaban J connectivity index is 2.47. The smallest absolute Gasteiger partial charge is 0.264 e. The van der Waals surface area contributed by atoms with Crippen molar-refractivity contribution in [3.05, 3.63) is 39.0 Å². The number of aromatic amines is 1. The molecule has 0 radical (unpaired) electrons. The number of nitrogens with zero attached hydrogens (tertiary/aromatic N) is 4. The highest BCUT2D eigenvalue weighted by atomic mass is 32.1. The van der Waals surface area contributed by atoms with E-state index < -0.39 is 12.0 Å². The van der Waals surface area contributed by atoms with Crippen molar-refractivity contribution in [2.24, 2.45) is 7.05 Å². The molecule has 0 aromatic carbocycles. The average molecular weight is 337 g/mol. The Bertz CT molecular complexity index is 1000. The van der Waals surface area contributed by atoms with Gasteiger partial charge in [0.1, 0.15) is 11.3 Å². The third-order valence-corrected chi connectivity index (χ3v) is 3.83. The van der Waals surface area contributed by atoms with Crippen LogP contribution >= 0.6 is 12.2 Å². The molecule has 0 unspecified atom stereocenters. The van der Waals surface area contributed by atoms with E-state index in [4.69, 9.17) is 12.2 Å². The summed E-state index contributed by atoms with van der Waals surface area (Å²) < 4.78 is 30.2. The van der Waals surface area contributed by atoms with Crippen LogP contribution in [0.2, 0.25) is 0 Å². The highest BCUT2D eigenvalue weighted by Crippen LogP contribution is 2.28. The van der Waals surface area contributed by atoms with Gasteiger partial charge in [-0.2, -0.15) is 5.10 Å². The zero-order valence-corrected chi connectivity index (χ0v) is 13.2. The Hall–Kier alpha value is -2.42. The van der Waals surface area contributed by atoms with Gasteiger partial charge in [0.2, 0.25) is 0 Å². The number of pyridine rings is 1. The van der Waals surface area contributed by atoms with Crippen LogP contribution in [0.4, 0.5) is 8.78 Å². The molecule has 0 saturated heterocycles. The summed E-state index contributed by atoms with van der Waals surface area (Å²) in [5, 5.41) is 4.03. The lowest BCUT2D eigenvalue weighted by Crippen LogP contribution is -2.17. The molecule has 9 heteroatoms. The molecule has 23 heavy (non-hydrogen) atoms. The van der Waals surface area contributed by atoms with Gasteiger partial charge in [0.15, 0.2) is 4.77 Å². The Morgan fingerprint density at radius 1 is 1.39 bits per heavy atom. The molecule has 3 rings (SSSR count). The van der Waals surface area contributed by atoms with Gasteiger partial charge < -0.3 is 4.57 Å². The molecule has 0 fully saturated rings. The average Bonchev–Trinajstić information content (AvgIpc) is 2.92. The van der Waals surface area contributed by atoms with E-state index in [2.05, 4.69) is 15.1 Å². The molecule has 0 aliphatic heterocycles. The Labute approximate surface area is 134 Å². The number of hydrogen-bond acceptors (Lipinski definition) is 4. The monoisotopic (exact) mass is 337 g/mol. The summed E-state index contributed by atoms with van der Waals surface area (Å²) in [5.74, 6) is 0. The molecule has 0 saturated carbocycles. The predicted molar refractivity (Wildman–Crippen MR) is 84.0 cm³/mol. The van der Waals surface area contributed by atoms with Gasteiger partial charge in [-0.25, -0.2) is 13.8 Å². The molecule has 120 valence electrons. The summed E-state index contributed by atoms with van der Waals surface area (Å²) in [6.45, 7) is 2.19. The van der Waals surface area contributed by atoms with Gasteiger partial charge in [0.05, 0.1) is 11.1 Å². The number of hydrogen-bond donors (Lipinski definition) is 1. The number of alkyl halides is 2. The fraction of sp³-hybridized carbons (Fsp3) is 0.286. The summed E-state index contributed by atoms with van der Waals surface area (Å²) in [4.78, 5) is 18.9. The Kier molecular flexibility index (Phi) is 3.80. The minimum absolute atomic E-state index is 0.139. The number of nitrogens with one attached hydrogen (secondary N) is 1. The minimum atomic E-state index is -2.81. The molecule has 0 spiro atoms. The van der Waals surface area contributed by atoms with Crippen LogP contribution in [0.1, 0.15) is 18.9 Å². The first-order valence-electron chi connectivity index (χ1n) is 6.88. The Morgan fingerprint density at radius 3 is 2.70 bits per heavy atom. The number of rotatable bonds is 3. The van der Waals surface area contributed by atoms with E-state index >= 15 is 0 Å². The van der Waals surface area contributed by atoms with Crippen LogP contribution in [-0.2, 0) is 13.6 Å². The predicted octanol–water partition coefficient (Wildman–Crippen LogP) is 2.81. The van der Waals surface area contributed by atoms with Crippen LogP contribution in [0, 0.1) is 4.77 Å². The van der Waals surface area contributed by atoms with E-state index in [-0.39, 0.29) is 27.1 Å². The van der Waals surface area contributed by atoms with Crippen molar-refractivity contribution in [1.82, 2.24) is 24.3 Å². The van der Waals surface area contributed by atoms with Crippen LogP contribution in [0.25, 0.3) is 22.4 Å². The van der Waals surface area contributed by atoms with Crippen LogP contribution in [0.5, 0.6) is 0 Å². The second-order valence-electron chi connectivity index (χ2n) is 4.97. The fourth-order valence-electron chi connectivity index (χ4n) is 2.45. The first-order chi connectivity index (χ1) is 10.9. The van der Waals surface area contributed by atoms with Crippen molar-refractivity contribution < 1.29 is 8.78 Å². The number of fused-ring (bicyclic) bond motifs is 1. The van der Waals surface area contributed by atoms with Crippen molar-refractivity contribution in [2.45, 2.75) is 19.9 Å². The van der Waals surface area contributed by atoms with Gasteiger partial charge >= 0.3 is 0 Å². The van der Waals surface area contributed by atoms with Gasteiger partial charge in [-0.05, 0) is 31.3 Å². The SMILES string of the molecule is CCn1c(=S)[nH]c(=O)c2c(C(F)F)cc(-c3ccn(C)n3)nc21. The number of aromatic nitrogens is 5. The lowest BCUT2D eigenvalue weighted by molar-refractivity contribution is 0.153. The van der Waals surface area contributed by atoms with Gasteiger partial charge in [-0.1, -0.05) is 0 Å². The molecular formula is C14H13F2N5OS. The van der Waals surface area contributed by atoms with E-state index in [1.165, 1.54) is 10.6 Å². The lowest BCUT2D eigenvalue weighted by Gasteiger charge is -2.12. The van der Waals surface area contributed by atoms with E-state index in [0.29, 0.717) is 12.2 Å². The van der Waals surface area contributed by atoms with Crippen molar-refractivity contribution in [1.29, 1.82) is 0 Å². The van der Waals surface area contributed by atoms with Crippen LogP contribution in [-0.4, -0.2) is 24.3 Å². The third-order valence-electron chi connectivity index (χ3n) is 3.51. The zero-order chi connectivity index (χ0) is 16.7. The summed E-state index contributed by atoms with van der Waals surface area (Å²) in [6.07, 6.45) is -1.13. The van der Waals surface area contributed by atoms with Gasteiger partial charge in [0.25, 0.3) is 12.0 Å². The van der Waals surface area contributed by atoms with Crippen LogP contribution in [0.15, 0.2) is 23.1 Å². The van der Waals surface area contributed by atoms with Gasteiger partial charge in [-0.15, -0.1) is 0 Å².